The Balaban J connectivity index is 1.27. The fraction of sp³-hybridized carbons (Fsp3) is 0.188. The van der Waals surface area contributed by atoms with E-state index in [0.29, 0.717) is 18.7 Å². The molecule has 4 aromatic carbocycles. The average Bonchev–Trinajstić information content (AvgIpc) is 3.10. The summed E-state index contributed by atoms with van der Waals surface area (Å²) in [7, 11) is 0. The maximum absolute atomic E-state index is 13.5. The summed E-state index contributed by atoms with van der Waals surface area (Å²) in [6.45, 7) is 7.38. The largest absolute Gasteiger partial charge is 0.368 e. The molecule has 1 saturated heterocycles. The van der Waals surface area contributed by atoms with E-state index in [1.165, 1.54) is 21.7 Å². The highest BCUT2D eigenvalue weighted by Gasteiger charge is 2.25. The van der Waals surface area contributed by atoms with Crippen molar-refractivity contribution in [3.05, 3.63) is 119 Å². The molecule has 184 valence electrons. The van der Waals surface area contributed by atoms with Gasteiger partial charge in [0, 0.05) is 58.3 Å². The van der Waals surface area contributed by atoms with Gasteiger partial charge in [0.25, 0.3) is 5.91 Å². The molecular formula is C32H29N3OS. The molecule has 0 aliphatic carbocycles. The van der Waals surface area contributed by atoms with Gasteiger partial charge in [-0.2, -0.15) is 0 Å². The molecule has 1 fully saturated rings. The lowest BCUT2D eigenvalue weighted by Gasteiger charge is -2.37. The summed E-state index contributed by atoms with van der Waals surface area (Å²) in [6, 6.07) is 31.2. The summed E-state index contributed by atoms with van der Waals surface area (Å²) < 4.78 is 0. The highest BCUT2D eigenvalue weighted by atomic mass is 32.2. The van der Waals surface area contributed by atoms with Crippen LogP contribution in [0.4, 0.5) is 11.4 Å². The molecule has 0 radical (unpaired) electrons. The number of rotatable bonds is 3. The molecule has 0 spiro atoms. The summed E-state index contributed by atoms with van der Waals surface area (Å²) in [4.78, 5) is 25.3. The molecule has 2 aliphatic heterocycles. The van der Waals surface area contributed by atoms with Crippen LogP contribution in [0.5, 0.6) is 0 Å². The predicted octanol–water partition coefficient (Wildman–Crippen LogP) is 6.90. The number of anilines is 1. The standard InChI is InChI=1S/C32H29N3OS/c1-22-12-14-28(23(2)20-22)34-16-18-35(19-17-34)32(36)25-13-15-30-27(21-25)33-31(24-8-4-3-5-9-24)26-10-6-7-11-29(26)37-30/h3-15,20-21H,16-19H2,1-2H3. The molecule has 2 aliphatic rings. The van der Waals surface area contributed by atoms with Crippen molar-refractivity contribution in [2.24, 2.45) is 4.99 Å². The van der Waals surface area contributed by atoms with Gasteiger partial charge < -0.3 is 9.80 Å². The average molecular weight is 504 g/mol. The van der Waals surface area contributed by atoms with Gasteiger partial charge in [0.05, 0.1) is 11.4 Å². The number of carbonyl (C=O) groups excluding carboxylic acids is 1. The zero-order valence-corrected chi connectivity index (χ0v) is 22.0. The van der Waals surface area contributed by atoms with Crippen LogP contribution in [0.3, 0.4) is 0 Å². The Kier molecular flexibility index (Phi) is 6.31. The number of benzene rings is 4. The highest BCUT2D eigenvalue weighted by molar-refractivity contribution is 7.99. The lowest BCUT2D eigenvalue weighted by atomic mass is 10.0. The molecule has 0 unspecified atom stereocenters. The zero-order chi connectivity index (χ0) is 25.4. The molecule has 2 heterocycles. The van der Waals surface area contributed by atoms with Crippen LogP contribution in [-0.2, 0) is 0 Å². The first-order chi connectivity index (χ1) is 18.1. The first-order valence-electron chi connectivity index (χ1n) is 12.7. The third-order valence-corrected chi connectivity index (χ3v) is 8.25. The normalized spacial score (nSPS) is 14.9. The van der Waals surface area contributed by atoms with Gasteiger partial charge in [-0.15, -0.1) is 0 Å². The van der Waals surface area contributed by atoms with Gasteiger partial charge in [0.1, 0.15) is 0 Å². The monoisotopic (exact) mass is 503 g/mol. The van der Waals surface area contributed by atoms with Gasteiger partial charge in [-0.05, 0) is 49.7 Å². The van der Waals surface area contributed by atoms with Crippen molar-refractivity contribution in [1.82, 2.24) is 4.90 Å². The third kappa shape index (κ3) is 4.67. The fourth-order valence-corrected chi connectivity index (χ4v) is 6.19. The second kappa shape index (κ2) is 9.91. The van der Waals surface area contributed by atoms with Crippen molar-refractivity contribution in [1.29, 1.82) is 0 Å². The first kappa shape index (κ1) is 23.6. The van der Waals surface area contributed by atoms with Crippen molar-refractivity contribution in [2.75, 3.05) is 31.1 Å². The van der Waals surface area contributed by atoms with Crippen molar-refractivity contribution in [3.8, 4) is 0 Å². The number of carbonyl (C=O) groups is 1. The molecule has 37 heavy (non-hydrogen) atoms. The minimum atomic E-state index is 0.0753. The molecule has 0 N–H and O–H groups in total. The van der Waals surface area contributed by atoms with E-state index in [0.717, 1.165) is 40.5 Å². The van der Waals surface area contributed by atoms with Crippen molar-refractivity contribution in [2.45, 2.75) is 23.6 Å². The van der Waals surface area contributed by atoms with E-state index in [4.69, 9.17) is 4.99 Å². The third-order valence-electron chi connectivity index (χ3n) is 7.11. The van der Waals surface area contributed by atoms with Gasteiger partial charge >= 0.3 is 0 Å². The smallest absolute Gasteiger partial charge is 0.254 e. The van der Waals surface area contributed by atoms with E-state index in [1.54, 1.807) is 11.8 Å². The molecule has 0 saturated carbocycles. The van der Waals surface area contributed by atoms with Crippen molar-refractivity contribution in [3.63, 3.8) is 0 Å². The number of aliphatic imine (C=N–C) groups is 1. The van der Waals surface area contributed by atoms with Crippen LogP contribution < -0.4 is 4.90 Å². The van der Waals surface area contributed by atoms with Crippen LogP contribution in [0.2, 0.25) is 0 Å². The molecule has 0 aromatic heterocycles. The molecular weight excluding hydrogens is 474 g/mol. The van der Waals surface area contributed by atoms with Gasteiger partial charge in [-0.3, -0.25) is 4.79 Å². The van der Waals surface area contributed by atoms with E-state index < -0.39 is 0 Å². The van der Waals surface area contributed by atoms with Gasteiger partial charge in [-0.1, -0.05) is 78.0 Å². The Morgan fingerprint density at radius 1 is 0.784 bits per heavy atom. The molecule has 0 atom stereocenters. The van der Waals surface area contributed by atoms with Crippen LogP contribution in [0, 0.1) is 13.8 Å². The van der Waals surface area contributed by atoms with E-state index in [-0.39, 0.29) is 5.91 Å². The summed E-state index contributed by atoms with van der Waals surface area (Å²) in [6.07, 6.45) is 0. The summed E-state index contributed by atoms with van der Waals surface area (Å²) in [5, 5.41) is 0. The Labute approximate surface area is 222 Å². The Hall–Kier alpha value is -3.83. The van der Waals surface area contributed by atoms with Crippen LogP contribution >= 0.6 is 11.8 Å². The van der Waals surface area contributed by atoms with Crippen LogP contribution in [0.15, 0.2) is 106 Å². The van der Waals surface area contributed by atoms with Crippen LogP contribution in [0.25, 0.3) is 0 Å². The molecule has 5 heteroatoms. The van der Waals surface area contributed by atoms with Crippen molar-refractivity contribution >= 4 is 34.8 Å². The van der Waals surface area contributed by atoms with Gasteiger partial charge in [-0.25, -0.2) is 4.99 Å². The molecule has 4 nitrogen and oxygen atoms in total. The zero-order valence-electron chi connectivity index (χ0n) is 21.1. The van der Waals surface area contributed by atoms with Crippen LogP contribution in [0.1, 0.15) is 32.6 Å². The summed E-state index contributed by atoms with van der Waals surface area (Å²) >= 11 is 1.71. The molecule has 1 amide bonds. The minimum Gasteiger partial charge on any atom is -0.368 e. The number of hydrogen-bond donors (Lipinski definition) is 0. The molecule has 4 aromatic rings. The Bertz CT molecular complexity index is 1500. The maximum atomic E-state index is 13.5. The number of amides is 1. The lowest BCUT2D eigenvalue weighted by Crippen LogP contribution is -2.49. The number of nitrogens with zero attached hydrogens (tertiary/aromatic N) is 3. The minimum absolute atomic E-state index is 0.0753. The van der Waals surface area contributed by atoms with Gasteiger partial charge in [0.2, 0.25) is 0 Å². The first-order valence-corrected chi connectivity index (χ1v) is 13.6. The topological polar surface area (TPSA) is 35.9 Å². The quantitative estimate of drug-likeness (QED) is 0.269. The molecule has 0 bridgehead atoms. The predicted molar refractivity (Wildman–Crippen MR) is 153 cm³/mol. The maximum Gasteiger partial charge on any atom is 0.254 e. The second-order valence-corrected chi connectivity index (χ2v) is 10.8. The van der Waals surface area contributed by atoms with E-state index in [1.807, 2.05) is 41.3 Å². The van der Waals surface area contributed by atoms with E-state index in [9.17, 15) is 4.79 Å². The van der Waals surface area contributed by atoms with Gasteiger partial charge in [0.15, 0.2) is 0 Å². The second-order valence-electron chi connectivity index (χ2n) is 9.68. The number of piperazine rings is 1. The van der Waals surface area contributed by atoms with Crippen molar-refractivity contribution < 1.29 is 4.79 Å². The number of aryl methyl sites for hydroxylation is 2. The number of fused-ring (bicyclic) bond motifs is 2. The summed E-state index contributed by atoms with van der Waals surface area (Å²) in [5.74, 6) is 0.0753. The SMILES string of the molecule is Cc1ccc(N2CCN(C(=O)c3ccc4c(c3)N=C(c3ccccc3)c3ccccc3S4)CC2)c(C)c1. The summed E-state index contributed by atoms with van der Waals surface area (Å²) in [5.41, 5.74) is 8.50. The highest BCUT2D eigenvalue weighted by Crippen LogP contribution is 2.41. The van der Waals surface area contributed by atoms with E-state index in [2.05, 4.69) is 73.3 Å². The lowest BCUT2D eigenvalue weighted by molar-refractivity contribution is 0.0746. The van der Waals surface area contributed by atoms with E-state index >= 15 is 0 Å². The Morgan fingerprint density at radius 3 is 2.32 bits per heavy atom. The van der Waals surface area contributed by atoms with Crippen LogP contribution in [-0.4, -0.2) is 42.7 Å². The Morgan fingerprint density at radius 2 is 1.54 bits per heavy atom. The number of hydrogen-bond acceptors (Lipinski definition) is 4. The fourth-order valence-electron chi connectivity index (χ4n) is 5.18. The molecule has 6 rings (SSSR count).